The predicted octanol–water partition coefficient (Wildman–Crippen LogP) is 2.53. The first-order chi connectivity index (χ1) is 9.76. The van der Waals surface area contributed by atoms with Crippen molar-refractivity contribution >= 4 is 0 Å². The number of aryl methyl sites for hydroxylation is 1. The molecule has 1 aliphatic rings. The lowest BCUT2D eigenvalue weighted by molar-refractivity contribution is 0.0308. The Morgan fingerprint density at radius 1 is 1.20 bits per heavy atom. The molecular formula is C15H17NO4. The molecule has 1 atom stereocenters. The highest BCUT2D eigenvalue weighted by atomic mass is 16.7. The topological polar surface area (TPSA) is 66.9 Å². The zero-order valence-corrected chi connectivity index (χ0v) is 11.3. The maximum absolute atomic E-state index is 5.82. The zero-order valence-electron chi connectivity index (χ0n) is 11.3. The number of nitrogens with two attached hydrogens (primary N) is 1. The smallest absolute Gasteiger partial charge is 0.231 e. The molecular weight excluding hydrogens is 258 g/mol. The predicted molar refractivity (Wildman–Crippen MR) is 72.6 cm³/mol. The monoisotopic (exact) mass is 275 g/mol. The lowest BCUT2D eigenvalue weighted by atomic mass is 10.2. The highest BCUT2D eigenvalue weighted by Crippen LogP contribution is 2.33. The quantitative estimate of drug-likeness (QED) is 0.908. The molecule has 5 nitrogen and oxygen atoms in total. The van der Waals surface area contributed by atoms with Gasteiger partial charge in [-0.05, 0) is 36.8 Å². The molecule has 0 fully saturated rings. The molecule has 0 aliphatic carbocycles. The van der Waals surface area contributed by atoms with Gasteiger partial charge in [-0.15, -0.1) is 0 Å². The minimum absolute atomic E-state index is 0.242. The third-order valence-corrected chi connectivity index (χ3v) is 3.18. The summed E-state index contributed by atoms with van der Waals surface area (Å²) in [5.74, 6) is 3.13. The molecule has 5 heteroatoms. The summed E-state index contributed by atoms with van der Waals surface area (Å²) in [4.78, 5) is 0. The van der Waals surface area contributed by atoms with Gasteiger partial charge in [-0.25, -0.2) is 0 Å². The number of hydrogen-bond acceptors (Lipinski definition) is 5. The molecule has 0 saturated heterocycles. The van der Waals surface area contributed by atoms with Crippen molar-refractivity contribution in [2.24, 2.45) is 5.73 Å². The second-order valence-corrected chi connectivity index (χ2v) is 4.67. The normalized spacial score (nSPS) is 14.5. The highest BCUT2D eigenvalue weighted by molar-refractivity contribution is 5.44. The van der Waals surface area contributed by atoms with Crippen LogP contribution >= 0.6 is 0 Å². The van der Waals surface area contributed by atoms with Gasteiger partial charge in [-0.3, -0.25) is 0 Å². The van der Waals surface area contributed by atoms with Crippen LogP contribution in [0.15, 0.2) is 34.7 Å². The molecule has 0 radical (unpaired) electrons. The Morgan fingerprint density at radius 3 is 2.80 bits per heavy atom. The van der Waals surface area contributed by atoms with Gasteiger partial charge in [-0.1, -0.05) is 6.07 Å². The molecule has 2 aromatic rings. The Kier molecular flexibility index (Phi) is 3.62. The highest BCUT2D eigenvalue weighted by Gasteiger charge is 2.16. The molecule has 3 rings (SSSR count). The van der Waals surface area contributed by atoms with E-state index in [1.165, 1.54) is 0 Å². The van der Waals surface area contributed by atoms with Crippen LogP contribution in [0, 0.1) is 6.92 Å². The van der Waals surface area contributed by atoms with Crippen molar-refractivity contribution in [2.75, 3.05) is 13.3 Å². The fourth-order valence-electron chi connectivity index (χ4n) is 2.12. The summed E-state index contributed by atoms with van der Waals surface area (Å²) >= 11 is 0. The van der Waals surface area contributed by atoms with Crippen LogP contribution in [0.1, 0.15) is 23.2 Å². The second-order valence-electron chi connectivity index (χ2n) is 4.67. The van der Waals surface area contributed by atoms with Crippen molar-refractivity contribution < 1.29 is 18.6 Å². The van der Waals surface area contributed by atoms with Gasteiger partial charge in [-0.2, -0.15) is 0 Å². The molecule has 106 valence electrons. The van der Waals surface area contributed by atoms with Crippen molar-refractivity contribution in [1.29, 1.82) is 0 Å². The average molecular weight is 275 g/mol. The third-order valence-electron chi connectivity index (χ3n) is 3.18. The minimum Gasteiger partial charge on any atom is -0.464 e. The van der Waals surface area contributed by atoms with E-state index in [1.807, 2.05) is 37.3 Å². The van der Waals surface area contributed by atoms with E-state index in [0.717, 1.165) is 28.6 Å². The summed E-state index contributed by atoms with van der Waals surface area (Å²) < 4.78 is 22.0. The van der Waals surface area contributed by atoms with Crippen molar-refractivity contribution in [3.05, 3.63) is 47.4 Å². The standard InChI is InChI=1S/C15H17NO4/c1-10-2-4-13(20-10)15(7-16)17-8-11-3-5-12-14(6-11)19-9-18-12/h2-6,15H,7-9,16H2,1H3. The molecule has 1 unspecified atom stereocenters. The van der Waals surface area contributed by atoms with Crippen molar-refractivity contribution in [3.63, 3.8) is 0 Å². The van der Waals surface area contributed by atoms with E-state index in [0.29, 0.717) is 13.2 Å². The van der Waals surface area contributed by atoms with Crippen LogP contribution in [0.25, 0.3) is 0 Å². The Balaban J connectivity index is 1.66. The first kappa shape index (κ1) is 13.0. The maximum atomic E-state index is 5.82. The maximum Gasteiger partial charge on any atom is 0.231 e. The van der Waals surface area contributed by atoms with Gasteiger partial charge < -0.3 is 24.4 Å². The fourth-order valence-corrected chi connectivity index (χ4v) is 2.12. The molecule has 0 bridgehead atoms. The van der Waals surface area contributed by atoms with Crippen LogP contribution in [0.2, 0.25) is 0 Å². The van der Waals surface area contributed by atoms with Gasteiger partial charge in [0.15, 0.2) is 11.5 Å². The zero-order chi connectivity index (χ0) is 13.9. The number of benzene rings is 1. The van der Waals surface area contributed by atoms with Crippen LogP contribution in [0.5, 0.6) is 11.5 Å². The number of furan rings is 1. The number of rotatable bonds is 5. The fraction of sp³-hybridized carbons (Fsp3) is 0.333. The van der Waals surface area contributed by atoms with Gasteiger partial charge in [0, 0.05) is 6.54 Å². The largest absolute Gasteiger partial charge is 0.464 e. The van der Waals surface area contributed by atoms with Crippen LogP contribution < -0.4 is 15.2 Å². The summed E-state index contributed by atoms with van der Waals surface area (Å²) in [7, 11) is 0. The number of fused-ring (bicyclic) bond motifs is 1. The number of ether oxygens (including phenoxy) is 3. The van der Waals surface area contributed by atoms with Gasteiger partial charge in [0.25, 0.3) is 0 Å². The third kappa shape index (κ3) is 2.64. The Hall–Kier alpha value is -1.98. The molecule has 0 spiro atoms. The van der Waals surface area contributed by atoms with E-state index in [4.69, 9.17) is 24.4 Å². The van der Waals surface area contributed by atoms with Gasteiger partial charge in [0.05, 0.1) is 6.61 Å². The lowest BCUT2D eigenvalue weighted by Crippen LogP contribution is -2.15. The summed E-state index contributed by atoms with van der Waals surface area (Å²) in [5.41, 5.74) is 6.75. The van der Waals surface area contributed by atoms with E-state index < -0.39 is 0 Å². The van der Waals surface area contributed by atoms with E-state index in [1.54, 1.807) is 0 Å². The molecule has 1 aromatic carbocycles. The van der Waals surface area contributed by atoms with E-state index in [2.05, 4.69) is 0 Å². The van der Waals surface area contributed by atoms with Crippen LogP contribution in [-0.2, 0) is 11.3 Å². The lowest BCUT2D eigenvalue weighted by Gasteiger charge is -2.14. The van der Waals surface area contributed by atoms with Crippen molar-refractivity contribution in [1.82, 2.24) is 0 Å². The van der Waals surface area contributed by atoms with Crippen LogP contribution in [-0.4, -0.2) is 13.3 Å². The Bertz CT molecular complexity index is 593. The molecule has 2 heterocycles. The molecule has 2 N–H and O–H groups in total. The van der Waals surface area contributed by atoms with E-state index in [9.17, 15) is 0 Å². The molecule has 0 saturated carbocycles. The molecule has 1 aliphatic heterocycles. The van der Waals surface area contributed by atoms with Gasteiger partial charge in [0.2, 0.25) is 6.79 Å². The SMILES string of the molecule is Cc1ccc(C(CN)OCc2ccc3c(c2)OCO3)o1. The summed E-state index contributed by atoms with van der Waals surface area (Å²) in [6.45, 7) is 2.99. The number of hydrogen-bond donors (Lipinski definition) is 1. The van der Waals surface area contributed by atoms with Crippen LogP contribution in [0.4, 0.5) is 0 Å². The first-order valence-corrected chi connectivity index (χ1v) is 6.53. The van der Waals surface area contributed by atoms with Gasteiger partial charge >= 0.3 is 0 Å². The Labute approximate surface area is 117 Å². The summed E-state index contributed by atoms with van der Waals surface area (Å²) in [6.07, 6.45) is -0.242. The minimum atomic E-state index is -0.242. The molecule has 1 aromatic heterocycles. The van der Waals surface area contributed by atoms with Gasteiger partial charge in [0.1, 0.15) is 17.6 Å². The Morgan fingerprint density at radius 2 is 2.05 bits per heavy atom. The average Bonchev–Trinajstić information content (AvgIpc) is 3.08. The van der Waals surface area contributed by atoms with Crippen molar-refractivity contribution in [3.8, 4) is 11.5 Å². The summed E-state index contributed by atoms with van der Waals surface area (Å²) in [6, 6.07) is 9.56. The van der Waals surface area contributed by atoms with E-state index >= 15 is 0 Å². The summed E-state index contributed by atoms with van der Waals surface area (Å²) in [5, 5.41) is 0. The van der Waals surface area contributed by atoms with E-state index in [-0.39, 0.29) is 12.9 Å². The van der Waals surface area contributed by atoms with Crippen molar-refractivity contribution in [2.45, 2.75) is 19.6 Å². The molecule has 20 heavy (non-hydrogen) atoms. The second kappa shape index (κ2) is 5.56. The first-order valence-electron chi connectivity index (χ1n) is 6.53. The van der Waals surface area contributed by atoms with Crippen LogP contribution in [0.3, 0.4) is 0 Å². The molecule has 0 amide bonds.